The van der Waals surface area contributed by atoms with Gasteiger partial charge in [-0.3, -0.25) is 0 Å². The van der Waals surface area contributed by atoms with Crippen molar-refractivity contribution in [3.05, 3.63) is 36.7 Å². The fourth-order valence-electron chi connectivity index (χ4n) is 1.74. The van der Waals surface area contributed by atoms with E-state index < -0.39 is 0 Å². The Bertz CT molecular complexity index is 574. The van der Waals surface area contributed by atoms with Gasteiger partial charge in [-0.05, 0) is 6.07 Å². The first-order valence-electron chi connectivity index (χ1n) is 4.28. The van der Waals surface area contributed by atoms with Crippen LogP contribution in [-0.2, 0) is 7.05 Å². The summed E-state index contributed by atoms with van der Waals surface area (Å²) in [7, 11) is 2.07. The van der Waals surface area contributed by atoms with Gasteiger partial charge in [0.05, 0.1) is 4.70 Å². The molecule has 2 heteroatoms. The van der Waals surface area contributed by atoms with E-state index in [2.05, 4.69) is 48.3 Å². The Morgan fingerprint density at radius 3 is 2.77 bits per heavy atom. The molecular formula is C11H9NS. The van der Waals surface area contributed by atoms with Gasteiger partial charge in [0.15, 0.2) is 0 Å². The van der Waals surface area contributed by atoms with E-state index in [1.165, 1.54) is 20.2 Å². The summed E-state index contributed by atoms with van der Waals surface area (Å²) in [6.07, 6.45) is 4.37. The minimum Gasteiger partial charge on any atom is -0.355 e. The Balaban J connectivity index is 2.60. The van der Waals surface area contributed by atoms with Crippen LogP contribution >= 0.6 is 11.3 Å². The van der Waals surface area contributed by atoms with Gasteiger partial charge in [-0.2, -0.15) is 0 Å². The molecule has 0 saturated heterocycles. The average Bonchev–Trinajstić information content (AvgIpc) is 2.60. The summed E-state index contributed by atoms with van der Waals surface area (Å²) in [4.78, 5) is 0. The molecule has 0 aliphatic heterocycles. The van der Waals surface area contributed by atoms with Crippen LogP contribution in [0.5, 0.6) is 0 Å². The highest BCUT2D eigenvalue weighted by molar-refractivity contribution is 7.25. The van der Waals surface area contributed by atoms with Gasteiger partial charge in [-0.25, -0.2) is 0 Å². The lowest BCUT2D eigenvalue weighted by Crippen LogP contribution is -1.76. The first-order valence-corrected chi connectivity index (χ1v) is 5.09. The van der Waals surface area contributed by atoms with Crippen molar-refractivity contribution in [2.24, 2.45) is 7.05 Å². The van der Waals surface area contributed by atoms with Gasteiger partial charge in [0, 0.05) is 34.9 Å². The molecule has 0 unspecified atom stereocenters. The fourth-order valence-corrected chi connectivity index (χ4v) is 2.90. The minimum absolute atomic E-state index is 1.38. The molecule has 0 fully saturated rings. The Hall–Kier alpha value is -1.28. The van der Waals surface area contributed by atoms with E-state index in [1.807, 2.05) is 11.3 Å². The second kappa shape index (κ2) is 2.36. The molecule has 0 aliphatic rings. The molecule has 0 aliphatic carbocycles. The number of aromatic nitrogens is 1. The van der Waals surface area contributed by atoms with E-state index in [9.17, 15) is 0 Å². The van der Waals surface area contributed by atoms with Gasteiger partial charge in [0.25, 0.3) is 0 Å². The molecule has 0 radical (unpaired) electrons. The second-order valence-electron chi connectivity index (χ2n) is 3.30. The molecule has 0 spiro atoms. The van der Waals surface area contributed by atoms with Gasteiger partial charge in [-0.15, -0.1) is 11.3 Å². The van der Waals surface area contributed by atoms with Crippen LogP contribution in [0.25, 0.3) is 20.2 Å². The zero-order valence-electron chi connectivity index (χ0n) is 7.32. The number of nitrogens with zero attached hydrogens (tertiary/aromatic N) is 1. The SMILES string of the molecule is Cn1cc2sc3ccccc3c2c1. The van der Waals surface area contributed by atoms with Crippen molar-refractivity contribution in [2.75, 3.05) is 0 Å². The quantitative estimate of drug-likeness (QED) is 0.508. The van der Waals surface area contributed by atoms with E-state index in [-0.39, 0.29) is 0 Å². The van der Waals surface area contributed by atoms with Crippen molar-refractivity contribution < 1.29 is 0 Å². The van der Waals surface area contributed by atoms with Crippen molar-refractivity contribution in [3.8, 4) is 0 Å². The van der Waals surface area contributed by atoms with E-state index in [4.69, 9.17) is 0 Å². The molecule has 64 valence electrons. The fraction of sp³-hybridized carbons (Fsp3) is 0.0909. The van der Waals surface area contributed by atoms with Crippen molar-refractivity contribution in [3.63, 3.8) is 0 Å². The average molecular weight is 187 g/mol. The number of aryl methyl sites for hydroxylation is 1. The Kier molecular flexibility index (Phi) is 1.30. The molecule has 0 bridgehead atoms. The van der Waals surface area contributed by atoms with Crippen molar-refractivity contribution in [1.82, 2.24) is 4.57 Å². The lowest BCUT2D eigenvalue weighted by molar-refractivity contribution is 0.934. The van der Waals surface area contributed by atoms with Crippen LogP contribution in [0.3, 0.4) is 0 Å². The van der Waals surface area contributed by atoms with Crippen molar-refractivity contribution >= 4 is 31.5 Å². The second-order valence-corrected chi connectivity index (χ2v) is 4.38. The maximum atomic E-state index is 2.19. The molecule has 1 aromatic carbocycles. The van der Waals surface area contributed by atoms with Crippen molar-refractivity contribution in [2.45, 2.75) is 0 Å². The number of rotatable bonds is 0. The first-order chi connectivity index (χ1) is 6.34. The molecule has 2 heterocycles. The largest absolute Gasteiger partial charge is 0.355 e. The smallest absolute Gasteiger partial charge is 0.0532 e. The maximum absolute atomic E-state index is 2.19. The standard InChI is InChI=1S/C11H9NS/c1-12-6-9-8-4-2-3-5-10(8)13-11(9)7-12/h2-7H,1H3. The third-order valence-electron chi connectivity index (χ3n) is 2.32. The zero-order chi connectivity index (χ0) is 8.84. The highest BCUT2D eigenvalue weighted by Crippen LogP contribution is 2.33. The van der Waals surface area contributed by atoms with Gasteiger partial charge in [0.2, 0.25) is 0 Å². The van der Waals surface area contributed by atoms with Gasteiger partial charge < -0.3 is 4.57 Å². The highest BCUT2D eigenvalue weighted by Gasteiger charge is 2.04. The maximum Gasteiger partial charge on any atom is 0.0532 e. The molecule has 13 heavy (non-hydrogen) atoms. The van der Waals surface area contributed by atoms with Crippen LogP contribution in [-0.4, -0.2) is 4.57 Å². The topological polar surface area (TPSA) is 4.93 Å². The lowest BCUT2D eigenvalue weighted by atomic mass is 10.2. The van der Waals surface area contributed by atoms with Crippen LogP contribution in [0.2, 0.25) is 0 Å². The number of hydrogen-bond acceptors (Lipinski definition) is 1. The Morgan fingerprint density at radius 2 is 1.85 bits per heavy atom. The molecule has 3 rings (SSSR count). The van der Waals surface area contributed by atoms with Gasteiger partial charge >= 0.3 is 0 Å². The third kappa shape index (κ3) is 0.923. The lowest BCUT2D eigenvalue weighted by Gasteiger charge is -1.88. The number of benzene rings is 1. The predicted molar refractivity (Wildman–Crippen MR) is 58.3 cm³/mol. The summed E-state index contributed by atoms with van der Waals surface area (Å²) in [5.74, 6) is 0. The summed E-state index contributed by atoms with van der Waals surface area (Å²) in [6.45, 7) is 0. The molecular weight excluding hydrogens is 178 g/mol. The zero-order valence-corrected chi connectivity index (χ0v) is 8.14. The summed E-state index contributed by atoms with van der Waals surface area (Å²) < 4.78 is 4.88. The van der Waals surface area contributed by atoms with E-state index in [0.29, 0.717) is 0 Å². The molecule has 3 aromatic rings. The first kappa shape index (κ1) is 7.15. The van der Waals surface area contributed by atoms with E-state index in [1.54, 1.807) is 0 Å². The molecule has 1 nitrogen and oxygen atoms in total. The number of thiophene rings is 1. The van der Waals surface area contributed by atoms with Crippen molar-refractivity contribution in [1.29, 1.82) is 0 Å². The normalized spacial score (nSPS) is 11.5. The monoisotopic (exact) mass is 187 g/mol. The number of fused-ring (bicyclic) bond motifs is 3. The molecule has 0 N–H and O–H groups in total. The summed E-state index contributed by atoms with van der Waals surface area (Å²) in [6, 6.07) is 8.56. The summed E-state index contributed by atoms with van der Waals surface area (Å²) in [5.41, 5.74) is 0. The van der Waals surface area contributed by atoms with Crippen LogP contribution in [0.1, 0.15) is 0 Å². The van der Waals surface area contributed by atoms with E-state index >= 15 is 0 Å². The third-order valence-corrected chi connectivity index (χ3v) is 3.44. The van der Waals surface area contributed by atoms with Crippen LogP contribution in [0, 0.1) is 0 Å². The Morgan fingerprint density at radius 1 is 1.00 bits per heavy atom. The van der Waals surface area contributed by atoms with Crippen LogP contribution < -0.4 is 0 Å². The minimum atomic E-state index is 1.38. The van der Waals surface area contributed by atoms with Crippen LogP contribution in [0.15, 0.2) is 36.7 Å². The highest BCUT2D eigenvalue weighted by atomic mass is 32.1. The van der Waals surface area contributed by atoms with Gasteiger partial charge in [-0.1, -0.05) is 18.2 Å². The molecule has 2 aromatic heterocycles. The van der Waals surface area contributed by atoms with E-state index in [0.717, 1.165) is 0 Å². The predicted octanol–water partition coefficient (Wildman–Crippen LogP) is 3.39. The molecule has 0 amide bonds. The summed E-state index contributed by atoms with van der Waals surface area (Å²) >= 11 is 1.86. The Labute approximate surface area is 80.2 Å². The molecule has 0 atom stereocenters. The summed E-state index contributed by atoms with van der Waals surface area (Å²) in [5, 5.41) is 2.76. The number of hydrogen-bond donors (Lipinski definition) is 0. The van der Waals surface area contributed by atoms with Gasteiger partial charge in [0.1, 0.15) is 0 Å². The molecule has 0 saturated carbocycles. The van der Waals surface area contributed by atoms with Crippen LogP contribution in [0.4, 0.5) is 0 Å².